The number of azide groups is 2. The van der Waals surface area contributed by atoms with E-state index in [0.717, 1.165) is 0 Å². The largest absolute Gasteiger partial charge is 0.486 e. The Morgan fingerprint density at radius 2 is 2.06 bits per heavy atom. The van der Waals surface area contributed by atoms with Crippen molar-refractivity contribution in [3.8, 4) is 12.1 Å². The molecule has 78 valence electrons. The maximum atomic E-state index is 8.93. The van der Waals surface area contributed by atoms with Gasteiger partial charge in [0.1, 0.15) is 0 Å². The number of nitrogens with zero attached hydrogens (tertiary/aromatic N) is 8. The van der Waals surface area contributed by atoms with Crippen LogP contribution < -0.4 is 0 Å². The summed E-state index contributed by atoms with van der Waals surface area (Å²) in [7, 11) is 0. The lowest BCUT2D eigenvalue weighted by atomic mass is 9.88. The average Bonchev–Trinajstić information content (AvgIpc) is 2.76. The summed E-state index contributed by atoms with van der Waals surface area (Å²) in [5, 5.41) is 24.2. The quantitative estimate of drug-likeness (QED) is 0.402. The van der Waals surface area contributed by atoms with E-state index in [1.54, 1.807) is 0 Å². The van der Waals surface area contributed by atoms with Crippen molar-refractivity contribution in [3.63, 3.8) is 0 Å². The summed E-state index contributed by atoms with van der Waals surface area (Å²) < 4.78 is 4.97. The van der Waals surface area contributed by atoms with Gasteiger partial charge in [0.05, 0.1) is 18.4 Å². The van der Waals surface area contributed by atoms with Gasteiger partial charge in [0, 0.05) is 16.2 Å². The smallest absolute Gasteiger partial charge is 0.266 e. The Bertz CT molecular complexity index is 473. The second-order valence-electron chi connectivity index (χ2n) is 2.79. The minimum atomic E-state index is -2.22. The molecule has 1 unspecified atom stereocenters. The second-order valence-corrected chi connectivity index (χ2v) is 2.79. The number of nitriles is 2. The highest BCUT2D eigenvalue weighted by atomic mass is 16.5. The average molecular weight is 216 g/mol. The van der Waals surface area contributed by atoms with Crippen LogP contribution in [0.3, 0.4) is 0 Å². The maximum Gasteiger partial charge on any atom is 0.266 e. The maximum absolute atomic E-state index is 8.93. The highest BCUT2D eigenvalue weighted by molar-refractivity contribution is 5.33. The zero-order chi connectivity index (χ0) is 12.1. The van der Waals surface area contributed by atoms with Crippen molar-refractivity contribution in [3.05, 3.63) is 33.2 Å². The summed E-state index contributed by atoms with van der Waals surface area (Å²) in [6.07, 6.45) is 2.63. The molecule has 0 saturated carbocycles. The lowest BCUT2D eigenvalue weighted by molar-refractivity contribution is 0.0190. The van der Waals surface area contributed by atoms with E-state index in [1.807, 2.05) is 0 Å². The van der Waals surface area contributed by atoms with Crippen LogP contribution >= 0.6 is 0 Å². The zero-order valence-electron chi connectivity index (χ0n) is 7.85. The minimum Gasteiger partial charge on any atom is -0.486 e. The molecular formula is C7H4N8O. The topological polar surface area (TPSA) is 154 Å². The molecule has 0 fully saturated rings. The third-order valence-electron chi connectivity index (χ3n) is 2.04. The van der Waals surface area contributed by atoms with E-state index < -0.39 is 11.3 Å². The van der Waals surface area contributed by atoms with Crippen LogP contribution in [0.5, 0.6) is 0 Å². The summed E-state index contributed by atoms with van der Waals surface area (Å²) in [5.41, 5.74) is 12.7. The number of hydrogen-bond acceptors (Lipinski definition) is 5. The fourth-order valence-corrected chi connectivity index (χ4v) is 1.25. The van der Waals surface area contributed by atoms with E-state index in [4.69, 9.17) is 26.3 Å². The van der Waals surface area contributed by atoms with Crippen molar-refractivity contribution in [2.24, 2.45) is 10.2 Å². The van der Waals surface area contributed by atoms with Gasteiger partial charge in [-0.1, -0.05) is 5.11 Å². The van der Waals surface area contributed by atoms with E-state index in [9.17, 15) is 0 Å². The fourth-order valence-electron chi connectivity index (χ4n) is 1.25. The van der Waals surface area contributed by atoms with E-state index in [-0.39, 0.29) is 6.42 Å². The van der Waals surface area contributed by atoms with Gasteiger partial charge in [-0.2, -0.15) is 10.5 Å². The lowest BCUT2D eigenvalue weighted by Gasteiger charge is -2.30. The molecule has 0 spiro atoms. The molecule has 9 nitrogen and oxygen atoms in total. The number of hydrogen-bond donors (Lipinski definition) is 0. The van der Waals surface area contributed by atoms with Crippen molar-refractivity contribution in [2.45, 2.75) is 17.7 Å². The van der Waals surface area contributed by atoms with Gasteiger partial charge in [-0.15, -0.1) is 0 Å². The highest BCUT2D eigenvalue weighted by Gasteiger charge is 2.55. The fraction of sp³-hybridized carbons (Fsp3) is 0.429. The predicted octanol–water partition coefficient (Wildman–Crippen LogP) is 2.02. The van der Waals surface area contributed by atoms with Crippen molar-refractivity contribution < 1.29 is 4.74 Å². The Balaban J connectivity index is 3.41. The normalized spacial score (nSPS) is 21.9. The summed E-state index contributed by atoms with van der Waals surface area (Å²) in [6.45, 7) is 0. The number of rotatable bonds is 3. The van der Waals surface area contributed by atoms with Gasteiger partial charge in [0.2, 0.25) is 5.72 Å². The van der Waals surface area contributed by atoms with Gasteiger partial charge in [0.25, 0.3) is 5.54 Å². The van der Waals surface area contributed by atoms with Crippen LogP contribution in [0.25, 0.3) is 20.9 Å². The third-order valence-corrected chi connectivity index (χ3v) is 2.04. The van der Waals surface area contributed by atoms with Crippen LogP contribution in [0.1, 0.15) is 6.42 Å². The van der Waals surface area contributed by atoms with Gasteiger partial charge in [-0.25, -0.2) is 0 Å². The van der Waals surface area contributed by atoms with Crippen LogP contribution in [0.15, 0.2) is 22.6 Å². The highest BCUT2D eigenvalue weighted by Crippen LogP contribution is 2.38. The minimum absolute atomic E-state index is 0.0167. The lowest BCUT2D eigenvalue weighted by Crippen LogP contribution is -2.48. The molecule has 1 rings (SSSR count). The van der Waals surface area contributed by atoms with Crippen molar-refractivity contribution in [2.75, 3.05) is 0 Å². The number of ether oxygens (including phenoxy) is 1. The molecule has 0 saturated heterocycles. The Morgan fingerprint density at radius 3 is 2.44 bits per heavy atom. The third kappa shape index (κ3) is 1.35. The summed E-state index contributed by atoms with van der Waals surface area (Å²) in [5.74, 6) is 0. The van der Waals surface area contributed by atoms with Crippen molar-refractivity contribution in [1.82, 2.24) is 0 Å². The molecule has 0 radical (unpaired) electrons. The molecule has 0 aliphatic carbocycles. The summed E-state index contributed by atoms with van der Waals surface area (Å²) in [4.78, 5) is 4.92. The summed E-state index contributed by atoms with van der Waals surface area (Å²) >= 11 is 0. The van der Waals surface area contributed by atoms with Crippen LogP contribution in [-0.4, -0.2) is 11.3 Å². The van der Waals surface area contributed by atoms with Gasteiger partial charge in [0.15, 0.2) is 0 Å². The van der Waals surface area contributed by atoms with Crippen LogP contribution in [0, 0.1) is 22.7 Å². The first-order valence-electron chi connectivity index (χ1n) is 3.98. The zero-order valence-corrected chi connectivity index (χ0v) is 7.85. The van der Waals surface area contributed by atoms with E-state index in [1.165, 1.54) is 24.5 Å². The van der Waals surface area contributed by atoms with Gasteiger partial charge < -0.3 is 4.74 Å². The molecule has 0 bridgehead atoms. The molecule has 0 aromatic carbocycles. The van der Waals surface area contributed by atoms with Gasteiger partial charge >= 0.3 is 0 Å². The van der Waals surface area contributed by atoms with E-state index >= 15 is 0 Å². The van der Waals surface area contributed by atoms with Crippen LogP contribution in [0.2, 0.25) is 0 Å². The molecule has 0 amide bonds. The molecule has 9 heteroatoms. The Morgan fingerprint density at radius 1 is 1.38 bits per heavy atom. The van der Waals surface area contributed by atoms with Crippen LogP contribution in [0.4, 0.5) is 0 Å². The Labute approximate surface area is 89.4 Å². The molecule has 16 heavy (non-hydrogen) atoms. The van der Waals surface area contributed by atoms with Crippen molar-refractivity contribution in [1.29, 1.82) is 10.5 Å². The predicted molar refractivity (Wildman–Crippen MR) is 49.8 cm³/mol. The standard InChI is InChI=1S/C7H4N8O/c8-4-6(5-9,12-14-10)7(13-15-11)2-1-3-16-7/h1,3H,2H2. The molecule has 0 aromatic heterocycles. The van der Waals surface area contributed by atoms with Crippen LogP contribution in [-0.2, 0) is 4.74 Å². The van der Waals surface area contributed by atoms with Crippen molar-refractivity contribution >= 4 is 0 Å². The molecule has 0 aromatic rings. The van der Waals surface area contributed by atoms with Gasteiger partial charge in [-0.05, 0) is 22.3 Å². The first kappa shape index (κ1) is 11.2. The molecule has 1 aliphatic heterocycles. The van der Waals surface area contributed by atoms with Gasteiger partial charge in [-0.3, -0.25) is 0 Å². The SMILES string of the molecule is N#CC(C#N)(N=[N+]=[N-])C1(N=[N+]=[N-])CC=CO1. The molecule has 0 N–H and O–H groups in total. The van der Waals surface area contributed by atoms with E-state index in [0.29, 0.717) is 0 Å². The Hall–Kier alpha value is -2.86. The molecule has 1 atom stereocenters. The van der Waals surface area contributed by atoms with E-state index in [2.05, 4.69) is 20.1 Å². The second kappa shape index (κ2) is 4.11. The first-order chi connectivity index (χ1) is 7.70. The molecule has 1 aliphatic rings. The monoisotopic (exact) mass is 216 g/mol. The Kier molecular flexibility index (Phi) is 2.88. The molecule has 1 heterocycles. The molecular weight excluding hydrogens is 212 g/mol. The first-order valence-corrected chi connectivity index (χ1v) is 3.98. The summed E-state index contributed by atoms with van der Waals surface area (Å²) in [6, 6.07) is 3.04.